The number of hydrogen-bond acceptors (Lipinski definition) is 9. The Hall–Kier alpha value is -1.93. The minimum atomic E-state index is -1.48. The number of aryl methyl sites for hydroxylation is 1. The molecule has 0 spiro atoms. The lowest BCUT2D eigenvalue weighted by Gasteiger charge is -2.48. The average Bonchev–Trinajstić information content (AvgIpc) is 3.36. The van der Waals surface area contributed by atoms with E-state index in [0.717, 1.165) is 12.8 Å². The molecule has 2 aromatic rings. The molecule has 3 heterocycles. The number of imidazole rings is 1. The Bertz CT molecular complexity index is 1200. The van der Waals surface area contributed by atoms with E-state index in [1.165, 1.54) is 19.3 Å². The van der Waals surface area contributed by atoms with Crippen LogP contribution in [0.4, 0.5) is 0 Å². The molecule has 0 bridgehead atoms. The number of morpholine rings is 1. The molecule has 2 aliphatic rings. The van der Waals surface area contributed by atoms with Crippen LogP contribution >= 0.6 is 8.53 Å². The number of aromatic amines is 1. The highest BCUT2D eigenvalue weighted by atomic mass is 31.2. The number of hydrogen-bond donors (Lipinski definition) is 1. The number of nitrogens with zero attached hydrogens (tertiary/aromatic N) is 6. The normalized spacial score (nSPS) is 24.5. The first-order valence-corrected chi connectivity index (χ1v) is 15.2. The quantitative estimate of drug-likeness (QED) is 0.308. The number of aromatic nitrogens is 4. The Morgan fingerprint density at radius 3 is 2.72 bits per heavy atom. The van der Waals surface area contributed by atoms with Crippen molar-refractivity contribution >= 4 is 19.7 Å². The molecule has 1 N–H and O–H groups in total. The van der Waals surface area contributed by atoms with Gasteiger partial charge >= 0.3 is 0 Å². The van der Waals surface area contributed by atoms with E-state index in [1.807, 2.05) is 4.57 Å². The van der Waals surface area contributed by atoms with Gasteiger partial charge in [0.15, 0.2) is 11.2 Å². The Labute approximate surface area is 234 Å². The van der Waals surface area contributed by atoms with Crippen LogP contribution in [0.1, 0.15) is 86.5 Å². The van der Waals surface area contributed by atoms with Gasteiger partial charge in [0.1, 0.15) is 17.7 Å². The first-order valence-electron chi connectivity index (χ1n) is 14.7. The number of nitriles is 1. The van der Waals surface area contributed by atoms with Crippen LogP contribution in [0.15, 0.2) is 11.1 Å². The van der Waals surface area contributed by atoms with Crippen molar-refractivity contribution in [2.24, 2.45) is 0 Å². The van der Waals surface area contributed by atoms with Crippen molar-refractivity contribution in [1.29, 1.82) is 5.26 Å². The summed E-state index contributed by atoms with van der Waals surface area (Å²) in [5.74, 6) is 0.511. The van der Waals surface area contributed by atoms with E-state index < -0.39 is 20.4 Å². The van der Waals surface area contributed by atoms with E-state index in [9.17, 15) is 4.79 Å². The van der Waals surface area contributed by atoms with E-state index in [2.05, 4.69) is 58.3 Å². The molecule has 39 heavy (non-hydrogen) atoms. The minimum absolute atomic E-state index is 0.00286. The molecule has 1 unspecified atom stereocenters. The van der Waals surface area contributed by atoms with Gasteiger partial charge in [0, 0.05) is 32.6 Å². The summed E-state index contributed by atoms with van der Waals surface area (Å²) < 4.78 is 32.1. The largest absolute Gasteiger partial charge is 0.347 e. The van der Waals surface area contributed by atoms with Crippen molar-refractivity contribution in [2.45, 2.75) is 110 Å². The third kappa shape index (κ3) is 7.24. The Morgan fingerprint density at radius 1 is 1.31 bits per heavy atom. The van der Waals surface area contributed by atoms with Gasteiger partial charge in [-0.2, -0.15) is 5.26 Å². The van der Waals surface area contributed by atoms with Crippen molar-refractivity contribution in [3.8, 4) is 6.07 Å². The number of nitrogens with one attached hydrogen (secondary N) is 1. The topological polar surface area (TPSA) is 122 Å². The summed E-state index contributed by atoms with van der Waals surface area (Å²) in [5, 5.41) is 9.07. The first-order chi connectivity index (χ1) is 19.2. The Morgan fingerprint density at radius 2 is 2.05 bits per heavy atom. The van der Waals surface area contributed by atoms with Gasteiger partial charge in [-0.1, -0.05) is 19.3 Å². The smallest absolute Gasteiger partial charge is 0.279 e. The molecule has 0 radical (unpaired) electrons. The maximum absolute atomic E-state index is 12.5. The van der Waals surface area contributed by atoms with Crippen LogP contribution in [0.5, 0.6) is 0 Å². The van der Waals surface area contributed by atoms with Crippen molar-refractivity contribution in [1.82, 2.24) is 29.1 Å². The van der Waals surface area contributed by atoms with Crippen molar-refractivity contribution in [3.63, 3.8) is 0 Å². The van der Waals surface area contributed by atoms with E-state index in [1.54, 1.807) is 13.3 Å². The van der Waals surface area contributed by atoms with Crippen molar-refractivity contribution < 1.29 is 15.2 Å². The molecule has 4 rings (SSSR count). The monoisotopic (exact) mass is 562 g/mol. The maximum Gasteiger partial charge on any atom is 0.279 e. The summed E-state index contributed by atoms with van der Waals surface area (Å²) in [6.07, 6.45) is 7.27. The molecule has 3 atom stereocenters. The third-order valence-electron chi connectivity index (χ3n) is 7.32. The molecule has 1 aliphatic carbocycles. The second-order valence-electron chi connectivity index (χ2n) is 11.3. The van der Waals surface area contributed by atoms with Gasteiger partial charge in [0.25, 0.3) is 14.1 Å². The second kappa shape index (κ2) is 13.2. The molecule has 2 aromatic heterocycles. The first kappa shape index (κ1) is 28.6. The van der Waals surface area contributed by atoms with Gasteiger partial charge in [-0.25, -0.2) is 14.6 Å². The fourth-order valence-electron chi connectivity index (χ4n) is 5.68. The van der Waals surface area contributed by atoms with E-state index in [4.69, 9.17) is 20.4 Å². The van der Waals surface area contributed by atoms with Crippen LogP contribution in [0.25, 0.3) is 11.2 Å². The summed E-state index contributed by atoms with van der Waals surface area (Å²) in [6, 6.07) is 2.88. The van der Waals surface area contributed by atoms with Crippen LogP contribution in [0.3, 0.4) is 0 Å². The highest BCUT2D eigenvalue weighted by Crippen LogP contribution is 2.47. The molecular formula is C27H44N7O4P. The lowest BCUT2D eigenvalue weighted by atomic mass is 9.92. The van der Waals surface area contributed by atoms with Gasteiger partial charge in [-0.05, 0) is 54.4 Å². The molecule has 1 aliphatic heterocycles. The summed E-state index contributed by atoms with van der Waals surface area (Å²) >= 11 is 0. The zero-order valence-corrected chi connectivity index (χ0v) is 24.8. The van der Waals surface area contributed by atoms with Gasteiger partial charge in [-0.3, -0.25) is 14.3 Å². The second-order valence-corrected chi connectivity index (χ2v) is 12.7. The lowest BCUT2D eigenvalue weighted by Crippen LogP contribution is -2.57. The number of rotatable bonds is 11. The van der Waals surface area contributed by atoms with Crippen LogP contribution in [-0.2, 0) is 13.8 Å². The predicted molar refractivity (Wildman–Crippen MR) is 151 cm³/mol. The summed E-state index contributed by atoms with van der Waals surface area (Å²) in [4.78, 5) is 26.6. The Balaban J connectivity index is 1.65. The van der Waals surface area contributed by atoms with Crippen LogP contribution in [0.2, 0.25) is 0 Å². The molecule has 2 fully saturated rings. The van der Waals surface area contributed by atoms with Crippen molar-refractivity contribution in [2.75, 3.05) is 26.3 Å². The number of ether oxygens (including phenoxy) is 1. The molecular weight excluding hydrogens is 517 g/mol. The molecule has 216 valence electrons. The Kier molecular flexibility index (Phi) is 9.65. The summed E-state index contributed by atoms with van der Waals surface area (Å²) in [6.45, 7) is 11.8. The lowest BCUT2D eigenvalue weighted by molar-refractivity contribution is -0.195. The molecule has 1 saturated heterocycles. The minimum Gasteiger partial charge on any atom is -0.347 e. The van der Waals surface area contributed by atoms with Gasteiger partial charge in [-0.15, -0.1) is 0 Å². The molecule has 12 heteroatoms. The maximum atomic E-state index is 12.5. The molecule has 0 aromatic carbocycles. The van der Waals surface area contributed by atoms with E-state index in [0.29, 0.717) is 30.6 Å². The van der Waals surface area contributed by atoms with E-state index in [-0.39, 0.29) is 49.7 Å². The molecule has 11 nitrogen and oxygen atoms in total. The number of H-pyrrole nitrogens is 1. The number of fused-ring (bicyclic) bond motifs is 1. The van der Waals surface area contributed by atoms with Gasteiger partial charge in [0.2, 0.25) is 0 Å². The van der Waals surface area contributed by atoms with Gasteiger partial charge in [0.05, 0.1) is 32.0 Å². The molecule has 0 amide bonds. The SMILES string of the molecule is [2H]C[C@@]1(COP(OCCC#N)N(C(C)C)C(C)C)CN(C2CCCCC2)C[C@H](n2cnc3c(=O)[nH]c(C)nc32)O1. The fraction of sp³-hybridized carbons (Fsp3) is 0.778. The standard InChI is InChI=1S/C27H44N7O4P/c1-19(2)34(20(3)4)39(36-14-10-13-28)37-17-27(6)16-32(22-11-8-7-9-12-22)15-23(38-27)33-18-29-24-25(33)30-21(5)31-26(24)35/h18-20,22-23H,7-12,14-17H2,1-6H3,(H,30,31,35)/t23-,27+,39?/m1/s1/i6D. The summed E-state index contributed by atoms with van der Waals surface area (Å²) in [5.41, 5.74) is -0.453. The van der Waals surface area contributed by atoms with E-state index >= 15 is 0 Å². The third-order valence-corrected chi connectivity index (χ3v) is 9.37. The fourth-order valence-corrected chi connectivity index (χ4v) is 7.37. The zero-order valence-electron chi connectivity index (χ0n) is 24.9. The average molecular weight is 563 g/mol. The highest BCUT2D eigenvalue weighted by Gasteiger charge is 2.42. The van der Waals surface area contributed by atoms with Crippen molar-refractivity contribution in [3.05, 3.63) is 22.5 Å². The highest BCUT2D eigenvalue weighted by molar-refractivity contribution is 7.44. The van der Waals surface area contributed by atoms with Crippen LogP contribution in [0, 0.1) is 18.3 Å². The zero-order chi connectivity index (χ0) is 28.9. The van der Waals surface area contributed by atoms with Crippen LogP contribution in [-0.4, -0.2) is 79.1 Å². The van der Waals surface area contributed by atoms with Crippen LogP contribution < -0.4 is 5.56 Å². The molecule has 1 saturated carbocycles. The predicted octanol–water partition coefficient (Wildman–Crippen LogP) is 4.64. The summed E-state index contributed by atoms with van der Waals surface area (Å²) in [7, 11) is -1.48. The van der Waals surface area contributed by atoms with Gasteiger partial charge < -0.3 is 18.8 Å².